The monoisotopic (exact) mass is 332 g/mol. The fraction of sp³-hybridized carbons (Fsp3) is 0.312. The Morgan fingerprint density at radius 2 is 1.88 bits per heavy atom. The predicted molar refractivity (Wildman–Crippen MR) is 84.5 cm³/mol. The molecule has 0 spiro atoms. The Morgan fingerprint density at radius 1 is 1.25 bits per heavy atom. The number of carbonyl (C=O) groups excluding carboxylic acids is 1. The van der Waals surface area contributed by atoms with Crippen LogP contribution in [0.25, 0.3) is 0 Å². The highest BCUT2D eigenvalue weighted by Crippen LogP contribution is 2.17. The number of piperazine rings is 1. The second-order valence-electron chi connectivity index (χ2n) is 5.23. The van der Waals surface area contributed by atoms with Crippen molar-refractivity contribution in [3.63, 3.8) is 0 Å². The van der Waals surface area contributed by atoms with Gasteiger partial charge in [-0.2, -0.15) is 5.26 Å². The zero-order valence-electron chi connectivity index (χ0n) is 12.9. The first-order valence-corrected chi connectivity index (χ1v) is 7.36. The van der Waals surface area contributed by atoms with Gasteiger partial charge < -0.3 is 20.2 Å². The van der Waals surface area contributed by atoms with Crippen LogP contribution in [0.1, 0.15) is 0 Å². The van der Waals surface area contributed by atoms with Crippen LogP contribution in [0.4, 0.5) is 10.1 Å². The number of nitrogens with zero attached hydrogens (tertiary/aromatic N) is 3. The van der Waals surface area contributed by atoms with E-state index in [9.17, 15) is 14.0 Å². The van der Waals surface area contributed by atoms with Gasteiger partial charge in [0.25, 0.3) is 5.91 Å². The first-order chi connectivity index (χ1) is 11.5. The maximum absolute atomic E-state index is 12.9. The number of carboxylic acid groups (broad SMARTS) is 1. The summed E-state index contributed by atoms with van der Waals surface area (Å²) in [5.74, 6) is -2.17. The molecule has 24 heavy (non-hydrogen) atoms. The fourth-order valence-electron chi connectivity index (χ4n) is 2.33. The van der Waals surface area contributed by atoms with Crippen molar-refractivity contribution < 1.29 is 19.1 Å². The van der Waals surface area contributed by atoms with Crippen LogP contribution in [-0.4, -0.2) is 54.6 Å². The molecule has 2 rings (SSSR count). The SMILES string of the molecule is N#C/C(=C/N1CCN(c2ccc(F)cc2)CC1)C(=O)NCC(=O)O. The van der Waals surface area contributed by atoms with Crippen LogP contribution in [-0.2, 0) is 9.59 Å². The van der Waals surface area contributed by atoms with Gasteiger partial charge in [0.1, 0.15) is 24.0 Å². The second-order valence-corrected chi connectivity index (χ2v) is 5.23. The standard InChI is InChI=1S/C16H17FN4O3/c17-13-1-3-14(4-2-13)21-7-5-20(6-8-21)11-12(9-18)16(24)19-10-15(22)23/h1-4,11H,5-8,10H2,(H,19,24)(H,22,23)/b12-11-. The smallest absolute Gasteiger partial charge is 0.322 e. The average Bonchev–Trinajstić information content (AvgIpc) is 2.59. The van der Waals surface area contributed by atoms with Crippen LogP contribution < -0.4 is 10.2 Å². The third-order valence-electron chi connectivity index (χ3n) is 3.58. The predicted octanol–water partition coefficient (Wildman–Crippen LogP) is 0.556. The molecule has 1 aromatic rings. The van der Waals surface area contributed by atoms with Crippen molar-refractivity contribution in [2.75, 3.05) is 37.6 Å². The van der Waals surface area contributed by atoms with E-state index in [0.717, 1.165) is 5.69 Å². The van der Waals surface area contributed by atoms with E-state index < -0.39 is 18.4 Å². The Labute approximate surface area is 138 Å². The maximum atomic E-state index is 12.9. The van der Waals surface area contributed by atoms with Gasteiger partial charge in [-0.3, -0.25) is 9.59 Å². The Hall–Kier alpha value is -3.08. The summed E-state index contributed by atoms with van der Waals surface area (Å²) < 4.78 is 12.9. The lowest BCUT2D eigenvalue weighted by Gasteiger charge is -2.35. The van der Waals surface area contributed by atoms with Gasteiger partial charge in [-0.05, 0) is 24.3 Å². The number of carboxylic acids is 1. The number of halogens is 1. The minimum Gasteiger partial charge on any atom is -0.480 e. The van der Waals surface area contributed by atoms with Gasteiger partial charge in [-0.15, -0.1) is 0 Å². The molecule has 1 aromatic carbocycles. The van der Waals surface area contributed by atoms with Crippen LogP contribution >= 0.6 is 0 Å². The van der Waals surface area contributed by atoms with E-state index in [1.807, 2.05) is 4.90 Å². The zero-order chi connectivity index (χ0) is 17.5. The lowest BCUT2D eigenvalue weighted by molar-refractivity contribution is -0.137. The molecular weight excluding hydrogens is 315 g/mol. The molecule has 126 valence electrons. The van der Waals surface area contributed by atoms with Crippen LogP contribution in [0.5, 0.6) is 0 Å². The number of rotatable bonds is 5. The number of aliphatic carboxylic acids is 1. The van der Waals surface area contributed by atoms with Crippen molar-refractivity contribution in [2.45, 2.75) is 0 Å². The number of nitriles is 1. The molecule has 1 fully saturated rings. The molecule has 8 heteroatoms. The van der Waals surface area contributed by atoms with Crippen LogP contribution in [0.2, 0.25) is 0 Å². The summed E-state index contributed by atoms with van der Waals surface area (Å²) in [5.41, 5.74) is 0.784. The lowest BCUT2D eigenvalue weighted by Crippen LogP contribution is -2.44. The summed E-state index contributed by atoms with van der Waals surface area (Å²) in [6, 6.07) is 8.01. The van der Waals surface area contributed by atoms with E-state index in [0.29, 0.717) is 26.2 Å². The number of carbonyl (C=O) groups is 2. The van der Waals surface area contributed by atoms with Crippen molar-refractivity contribution in [2.24, 2.45) is 0 Å². The van der Waals surface area contributed by atoms with E-state index in [1.54, 1.807) is 18.2 Å². The van der Waals surface area contributed by atoms with Crippen LogP contribution in [0.3, 0.4) is 0 Å². The number of hydrogen-bond acceptors (Lipinski definition) is 5. The van der Waals surface area contributed by atoms with Crippen molar-refractivity contribution in [1.82, 2.24) is 10.2 Å². The molecule has 1 heterocycles. The molecule has 1 saturated heterocycles. The average molecular weight is 332 g/mol. The highest BCUT2D eigenvalue weighted by atomic mass is 19.1. The molecule has 0 aromatic heterocycles. The number of nitrogens with one attached hydrogen (secondary N) is 1. The molecule has 7 nitrogen and oxygen atoms in total. The molecule has 0 radical (unpaired) electrons. The normalized spacial score (nSPS) is 14.9. The largest absolute Gasteiger partial charge is 0.480 e. The van der Waals surface area contributed by atoms with E-state index in [2.05, 4.69) is 10.2 Å². The third-order valence-corrected chi connectivity index (χ3v) is 3.58. The number of anilines is 1. The van der Waals surface area contributed by atoms with Gasteiger partial charge in [0.15, 0.2) is 0 Å². The Kier molecular flexibility index (Phi) is 5.73. The second kappa shape index (κ2) is 7.97. The van der Waals surface area contributed by atoms with Crippen molar-refractivity contribution in [1.29, 1.82) is 5.26 Å². The highest BCUT2D eigenvalue weighted by Gasteiger charge is 2.18. The number of hydrogen-bond donors (Lipinski definition) is 2. The van der Waals surface area contributed by atoms with Crippen LogP contribution in [0, 0.1) is 17.1 Å². The molecule has 0 atom stereocenters. The van der Waals surface area contributed by atoms with Gasteiger partial charge in [0, 0.05) is 38.1 Å². The summed E-state index contributed by atoms with van der Waals surface area (Å²) in [4.78, 5) is 26.1. The van der Waals surface area contributed by atoms with Gasteiger partial charge in [0.2, 0.25) is 0 Å². The molecule has 0 saturated carbocycles. The lowest BCUT2D eigenvalue weighted by atomic mass is 10.2. The molecule has 1 aliphatic heterocycles. The minimum atomic E-state index is -1.17. The van der Waals surface area contributed by atoms with E-state index in [4.69, 9.17) is 10.4 Å². The quantitative estimate of drug-likeness (QED) is 0.604. The molecule has 0 bridgehead atoms. The van der Waals surface area contributed by atoms with Crippen molar-refractivity contribution in [3.8, 4) is 6.07 Å². The Morgan fingerprint density at radius 3 is 2.42 bits per heavy atom. The zero-order valence-corrected chi connectivity index (χ0v) is 12.9. The van der Waals surface area contributed by atoms with E-state index in [1.165, 1.54) is 18.3 Å². The topological polar surface area (TPSA) is 96.7 Å². The van der Waals surface area contributed by atoms with Crippen molar-refractivity contribution >= 4 is 17.6 Å². The summed E-state index contributed by atoms with van der Waals surface area (Å²) in [5, 5.41) is 19.7. The maximum Gasteiger partial charge on any atom is 0.322 e. The molecule has 0 aliphatic carbocycles. The molecule has 2 N–H and O–H groups in total. The van der Waals surface area contributed by atoms with Gasteiger partial charge >= 0.3 is 5.97 Å². The third kappa shape index (κ3) is 4.71. The van der Waals surface area contributed by atoms with E-state index >= 15 is 0 Å². The Balaban J connectivity index is 1.93. The summed E-state index contributed by atoms with van der Waals surface area (Å²) in [7, 11) is 0. The highest BCUT2D eigenvalue weighted by molar-refractivity contribution is 5.98. The number of amides is 1. The first-order valence-electron chi connectivity index (χ1n) is 7.36. The van der Waals surface area contributed by atoms with Gasteiger partial charge in [-0.25, -0.2) is 4.39 Å². The van der Waals surface area contributed by atoms with Crippen LogP contribution in [0.15, 0.2) is 36.0 Å². The van der Waals surface area contributed by atoms with E-state index in [-0.39, 0.29) is 11.4 Å². The molecule has 1 aliphatic rings. The molecule has 0 unspecified atom stereocenters. The number of benzene rings is 1. The first kappa shape index (κ1) is 17.3. The minimum absolute atomic E-state index is 0.133. The molecular formula is C16H17FN4O3. The van der Waals surface area contributed by atoms with Gasteiger partial charge in [0.05, 0.1) is 0 Å². The summed E-state index contributed by atoms with van der Waals surface area (Å²) >= 11 is 0. The summed E-state index contributed by atoms with van der Waals surface area (Å²) in [6.45, 7) is 1.98. The fourth-order valence-corrected chi connectivity index (χ4v) is 2.33. The molecule has 1 amide bonds. The summed E-state index contributed by atoms with van der Waals surface area (Å²) in [6.07, 6.45) is 1.44. The van der Waals surface area contributed by atoms with Gasteiger partial charge in [-0.1, -0.05) is 0 Å². The Bertz CT molecular complexity index is 674. The van der Waals surface area contributed by atoms with Crippen molar-refractivity contribution in [3.05, 3.63) is 41.9 Å².